The molecule has 1 amide bonds. The third-order valence-electron chi connectivity index (χ3n) is 8.24. The molecule has 11 nitrogen and oxygen atoms in total. The number of carbonyl (C=O) groups excluding carboxylic acids is 2. The van der Waals surface area contributed by atoms with Crippen molar-refractivity contribution in [1.29, 1.82) is 0 Å². The molecule has 0 aromatic heterocycles. The van der Waals surface area contributed by atoms with Crippen LogP contribution in [0.3, 0.4) is 0 Å². The van der Waals surface area contributed by atoms with E-state index in [0.29, 0.717) is 5.56 Å². The van der Waals surface area contributed by atoms with Crippen molar-refractivity contribution in [1.82, 2.24) is 13.9 Å². The zero-order valence-electron chi connectivity index (χ0n) is 27.6. The first kappa shape index (κ1) is 37.9. The molecule has 0 saturated carbocycles. The topological polar surface area (TPSA) is 154 Å². The zero-order valence-corrected chi connectivity index (χ0v) is 28.4. The van der Waals surface area contributed by atoms with Crippen LogP contribution >= 0.6 is 0 Å². The van der Waals surface area contributed by atoms with Crippen molar-refractivity contribution in [2.75, 3.05) is 20.1 Å². The minimum Gasteiger partial charge on any atom is -0.480 e. The molecule has 0 aliphatic carbocycles. The van der Waals surface area contributed by atoms with Gasteiger partial charge in [-0.3, -0.25) is 14.4 Å². The lowest BCUT2D eigenvalue weighted by Gasteiger charge is -2.38. The number of hydrogen-bond donors (Lipinski definition) is 3. The Hall–Kier alpha value is -3.32. The zero-order chi connectivity index (χ0) is 34.2. The van der Waals surface area contributed by atoms with E-state index in [1.807, 2.05) is 50.2 Å². The van der Waals surface area contributed by atoms with E-state index in [0.717, 1.165) is 14.2 Å². The summed E-state index contributed by atoms with van der Waals surface area (Å²) in [6.45, 7) is 10.9. The van der Waals surface area contributed by atoms with Crippen LogP contribution in [0.4, 0.5) is 0 Å². The Labute approximate surface area is 267 Å². The Morgan fingerprint density at radius 1 is 0.911 bits per heavy atom. The number of ether oxygens (including phenoxy) is 1. The second kappa shape index (κ2) is 15.3. The summed E-state index contributed by atoms with van der Waals surface area (Å²) in [4.78, 5) is 38.6. The number of rotatable bonds is 17. The Morgan fingerprint density at radius 2 is 1.42 bits per heavy atom. The van der Waals surface area contributed by atoms with Crippen LogP contribution < -0.4 is 5.32 Å². The molecule has 0 heterocycles. The van der Waals surface area contributed by atoms with Crippen LogP contribution in [-0.4, -0.2) is 76.5 Å². The third kappa shape index (κ3) is 10.1. The molecule has 0 radical (unpaired) electrons. The number of nitrogens with zero attached hydrogens (tertiary/aromatic N) is 2. The molecule has 0 saturated heterocycles. The second-order valence-corrected chi connectivity index (χ2v) is 15.0. The lowest BCUT2D eigenvalue weighted by molar-refractivity contribution is -0.162. The monoisotopic (exact) mass is 647 g/mol. The van der Waals surface area contributed by atoms with Crippen molar-refractivity contribution in [2.24, 2.45) is 17.3 Å². The van der Waals surface area contributed by atoms with Gasteiger partial charge in [0.25, 0.3) is 10.2 Å². The average Bonchev–Trinajstić information content (AvgIpc) is 2.97. The molecule has 0 aliphatic rings. The number of carbonyl (C=O) groups is 3. The number of hydrogen-bond acceptors (Lipinski definition) is 7. The van der Waals surface area contributed by atoms with Gasteiger partial charge in [-0.25, -0.2) is 0 Å². The fraction of sp³-hybridized carbons (Fsp3) is 0.545. The van der Waals surface area contributed by atoms with Crippen LogP contribution in [0, 0.1) is 17.3 Å². The fourth-order valence-electron chi connectivity index (χ4n) is 4.49. The first-order valence-corrected chi connectivity index (χ1v) is 16.4. The van der Waals surface area contributed by atoms with E-state index in [2.05, 4.69) is 5.32 Å². The van der Waals surface area contributed by atoms with Crippen LogP contribution in [-0.2, 0) is 42.4 Å². The van der Waals surface area contributed by atoms with Crippen molar-refractivity contribution in [2.45, 2.75) is 79.2 Å². The minimum atomic E-state index is -4.30. The maximum atomic E-state index is 13.7. The first-order valence-electron chi connectivity index (χ1n) is 15.0. The van der Waals surface area contributed by atoms with E-state index in [1.165, 1.54) is 20.9 Å². The molecular formula is C33H49N3O8S. The molecule has 2 unspecified atom stereocenters. The Balaban J connectivity index is 2.33. The maximum absolute atomic E-state index is 13.7. The Kier molecular flexibility index (Phi) is 12.9. The molecule has 0 spiro atoms. The number of aliphatic hydroxyl groups is 1. The lowest BCUT2D eigenvalue weighted by Crippen LogP contribution is -2.58. The van der Waals surface area contributed by atoms with Gasteiger partial charge in [-0.15, -0.1) is 0 Å². The highest BCUT2D eigenvalue weighted by molar-refractivity contribution is 7.86. The van der Waals surface area contributed by atoms with Gasteiger partial charge in [0.2, 0.25) is 5.91 Å². The molecule has 45 heavy (non-hydrogen) atoms. The summed E-state index contributed by atoms with van der Waals surface area (Å²) >= 11 is 0. The molecule has 2 atom stereocenters. The molecule has 2 aromatic carbocycles. The highest BCUT2D eigenvalue weighted by Gasteiger charge is 2.45. The number of aliphatic carboxylic acids is 1. The third-order valence-corrected chi connectivity index (χ3v) is 10.4. The largest absolute Gasteiger partial charge is 0.480 e. The first-order chi connectivity index (χ1) is 20.7. The average molecular weight is 648 g/mol. The Bertz CT molecular complexity index is 1400. The summed E-state index contributed by atoms with van der Waals surface area (Å²) < 4.78 is 34.8. The van der Waals surface area contributed by atoms with Crippen molar-refractivity contribution >= 4 is 28.1 Å². The predicted octanol–water partition coefficient (Wildman–Crippen LogP) is 3.83. The maximum Gasteiger partial charge on any atom is 0.324 e. The molecule has 2 aromatic rings. The van der Waals surface area contributed by atoms with E-state index in [4.69, 9.17) is 4.74 Å². The second-order valence-electron chi connectivity index (χ2n) is 13.0. The molecule has 0 aliphatic heterocycles. The highest BCUT2D eigenvalue weighted by Crippen LogP contribution is 2.30. The van der Waals surface area contributed by atoms with Gasteiger partial charge in [0, 0.05) is 33.0 Å². The number of amides is 1. The summed E-state index contributed by atoms with van der Waals surface area (Å²) in [5.74, 6) is -3.57. The molecule has 12 heteroatoms. The number of benzene rings is 2. The van der Waals surface area contributed by atoms with Gasteiger partial charge in [0.1, 0.15) is 17.9 Å². The van der Waals surface area contributed by atoms with Crippen LogP contribution in [0.5, 0.6) is 0 Å². The van der Waals surface area contributed by atoms with Gasteiger partial charge in [-0.1, -0.05) is 81.4 Å². The lowest BCUT2D eigenvalue weighted by atomic mass is 9.79. The molecule has 0 fully saturated rings. The van der Waals surface area contributed by atoms with E-state index in [9.17, 15) is 33.0 Å². The predicted molar refractivity (Wildman–Crippen MR) is 172 cm³/mol. The molecule has 250 valence electrons. The smallest absolute Gasteiger partial charge is 0.324 e. The standard InChI is InChI=1S/C33H49N3O8S/c1-24(2)22-36(45(42,43)35(8)32(6,7)29(38)39)20-19-33(41,21-26-15-11-9-12-16-26)34-28(37)25(3)31(4,5)30(40)44-23-27-17-13-10-14-18-27/h9-18,24-25,41H,19-23H2,1-8H3,(H,34,37)(H,38,39). The van der Waals surface area contributed by atoms with Crippen molar-refractivity contribution in [3.05, 3.63) is 71.8 Å². The van der Waals surface area contributed by atoms with Gasteiger partial charge in [0.15, 0.2) is 0 Å². The van der Waals surface area contributed by atoms with E-state index in [1.54, 1.807) is 45.0 Å². The van der Waals surface area contributed by atoms with Gasteiger partial charge in [-0.2, -0.15) is 17.0 Å². The quantitative estimate of drug-likeness (QED) is 0.173. The van der Waals surface area contributed by atoms with Gasteiger partial charge in [0.05, 0.1) is 11.3 Å². The summed E-state index contributed by atoms with van der Waals surface area (Å²) in [7, 11) is -3.10. The van der Waals surface area contributed by atoms with Crippen molar-refractivity contribution < 1.29 is 37.8 Å². The van der Waals surface area contributed by atoms with Crippen molar-refractivity contribution in [3.63, 3.8) is 0 Å². The van der Waals surface area contributed by atoms with E-state index in [-0.39, 0.29) is 38.5 Å². The number of likely N-dealkylation sites (N-methyl/N-ethyl adjacent to an activating group) is 1. The molecule has 0 bridgehead atoms. The van der Waals surface area contributed by atoms with E-state index < -0.39 is 50.7 Å². The van der Waals surface area contributed by atoms with Gasteiger partial charge < -0.3 is 20.3 Å². The summed E-state index contributed by atoms with van der Waals surface area (Å²) in [6, 6.07) is 18.1. The van der Waals surface area contributed by atoms with Crippen LogP contribution in [0.2, 0.25) is 0 Å². The van der Waals surface area contributed by atoms with E-state index >= 15 is 0 Å². The Morgan fingerprint density at radius 3 is 1.91 bits per heavy atom. The number of esters is 1. The summed E-state index contributed by atoms with van der Waals surface area (Å²) in [6.07, 6.45) is -0.260. The fourth-order valence-corrected chi connectivity index (χ4v) is 6.30. The van der Waals surface area contributed by atoms with Gasteiger partial charge in [-0.05, 0) is 44.7 Å². The van der Waals surface area contributed by atoms with Crippen molar-refractivity contribution in [3.8, 4) is 0 Å². The van der Waals surface area contributed by atoms with Crippen LogP contribution in [0.25, 0.3) is 0 Å². The number of carboxylic acids is 1. The molecular weight excluding hydrogens is 598 g/mol. The van der Waals surface area contributed by atoms with Crippen LogP contribution in [0.15, 0.2) is 60.7 Å². The van der Waals surface area contributed by atoms with Crippen LogP contribution in [0.1, 0.15) is 66.0 Å². The highest BCUT2D eigenvalue weighted by atomic mass is 32.2. The molecule has 3 N–H and O–H groups in total. The number of carboxylic acid groups (broad SMARTS) is 1. The number of nitrogens with one attached hydrogen (secondary N) is 1. The minimum absolute atomic E-state index is 0.0443. The van der Waals surface area contributed by atoms with Gasteiger partial charge >= 0.3 is 11.9 Å². The summed E-state index contributed by atoms with van der Waals surface area (Å²) in [5, 5.41) is 24.3. The normalized spacial score (nSPS) is 14.7. The molecule has 2 rings (SSSR count). The SMILES string of the molecule is CC(C)CN(CCC(O)(Cc1ccccc1)NC(=O)C(C)C(C)(C)C(=O)OCc1ccccc1)S(=O)(=O)N(C)C(C)(C)C(=O)O. The summed E-state index contributed by atoms with van der Waals surface area (Å²) in [5.41, 5.74) is -3.42.